The molecular formula is C17H14ClN3O2S. The number of aromatic amines is 1. The molecule has 0 bridgehead atoms. The van der Waals surface area contributed by atoms with Gasteiger partial charge in [-0.15, -0.1) is 11.3 Å². The smallest absolute Gasteiger partial charge is 0.263 e. The first-order chi connectivity index (χ1) is 11.5. The van der Waals surface area contributed by atoms with Gasteiger partial charge >= 0.3 is 0 Å². The second-order valence-corrected chi connectivity index (χ2v) is 6.60. The van der Waals surface area contributed by atoms with Crippen molar-refractivity contribution < 1.29 is 4.79 Å². The molecule has 0 saturated carbocycles. The van der Waals surface area contributed by atoms with Crippen molar-refractivity contribution in [3.8, 4) is 10.6 Å². The number of hydrogen-bond donors (Lipinski definition) is 2. The third-order valence-corrected chi connectivity index (χ3v) is 4.80. The number of pyridine rings is 1. The Labute approximate surface area is 147 Å². The highest BCUT2D eigenvalue weighted by molar-refractivity contribution is 7.17. The number of benzene rings is 1. The summed E-state index contributed by atoms with van der Waals surface area (Å²) >= 11 is 7.10. The summed E-state index contributed by atoms with van der Waals surface area (Å²) in [6.45, 7) is 2.18. The van der Waals surface area contributed by atoms with Gasteiger partial charge in [-0.2, -0.15) is 0 Å². The van der Waals surface area contributed by atoms with E-state index in [1.54, 1.807) is 13.0 Å². The number of aryl methyl sites for hydroxylation is 1. The van der Waals surface area contributed by atoms with Crippen molar-refractivity contribution in [1.29, 1.82) is 0 Å². The molecule has 0 aliphatic heterocycles. The highest BCUT2D eigenvalue weighted by Crippen LogP contribution is 2.27. The van der Waals surface area contributed by atoms with Crippen LogP contribution in [0.3, 0.4) is 0 Å². The molecule has 24 heavy (non-hydrogen) atoms. The van der Waals surface area contributed by atoms with Gasteiger partial charge in [0.1, 0.15) is 9.88 Å². The highest BCUT2D eigenvalue weighted by atomic mass is 35.5. The summed E-state index contributed by atoms with van der Waals surface area (Å²) in [5.41, 5.74) is 1.67. The first kappa shape index (κ1) is 16.4. The van der Waals surface area contributed by atoms with E-state index in [1.807, 2.05) is 30.3 Å². The average Bonchev–Trinajstić information content (AvgIpc) is 2.97. The Bertz CT molecular complexity index is 935. The summed E-state index contributed by atoms with van der Waals surface area (Å²) in [6, 6.07) is 11.2. The fourth-order valence-corrected chi connectivity index (χ4v) is 3.36. The monoisotopic (exact) mass is 359 g/mol. The van der Waals surface area contributed by atoms with Gasteiger partial charge in [0.05, 0.1) is 16.3 Å². The molecule has 0 fully saturated rings. The van der Waals surface area contributed by atoms with Crippen LogP contribution < -0.4 is 10.9 Å². The van der Waals surface area contributed by atoms with Gasteiger partial charge in [0.25, 0.3) is 11.5 Å². The van der Waals surface area contributed by atoms with Crippen LogP contribution in [0.4, 0.5) is 0 Å². The number of amides is 1. The molecule has 2 heterocycles. The van der Waals surface area contributed by atoms with Gasteiger partial charge in [0, 0.05) is 12.7 Å². The summed E-state index contributed by atoms with van der Waals surface area (Å²) < 4.78 is 0. The summed E-state index contributed by atoms with van der Waals surface area (Å²) in [5, 5.41) is 3.75. The van der Waals surface area contributed by atoms with Gasteiger partial charge in [-0.05, 0) is 18.6 Å². The Morgan fingerprint density at radius 1 is 1.33 bits per heavy atom. The number of carbonyl (C=O) groups is 1. The maximum absolute atomic E-state index is 12.4. The minimum atomic E-state index is -0.288. The number of thiazole rings is 1. The van der Waals surface area contributed by atoms with E-state index in [4.69, 9.17) is 11.6 Å². The van der Waals surface area contributed by atoms with Crippen LogP contribution in [0.15, 0.2) is 47.4 Å². The molecule has 2 aromatic heterocycles. The molecular weight excluding hydrogens is 346 g/mol. The number of nitrogens with zero attached hydrogens (tertiary/aromatic N) is 1. The molecule has 0 saturated heterocycles. The zero-order chi connectivity index (χ0) is 17.1. The predicted octanol–water partition coefficient (Wildman–Crippen LogP) is 3.39. The van der Waals surface area contributed by atoms with Gasteiger partial charge in [-0.1, -0.05) is 41.9 Å². The van der Waals surface area contributed by atoms with Crippen molar-refractivity contribution in [3.05, 3.63) is 74.1 Å². The molecule has 3 rings (SSSR count). The lowest BCUT2D eigenvalue weighted by molar-refractivity contribution is 0.0954. The van der Waals surface area contributed by atoms with Crippen molar-refractivity contribution in [2.24, 2.45) is 0 Å². The van der Waals surface area contributed by atoms with E-state index in [1.165, 1.54) is 17.5 Å². The Hall–Kier alpha value is -2.44. The third kappa shape index (κ3) is 3.55. The molecule has 2 N–H and O–H groups in total. The predicted molar refractivity (Wildman–Crippen MR) is 95.5 cm³/mol. The largest absolute Gasteiger partial charge is 0.347 e. The Morgan fingerprint density at radius 3 is 2.83 bits per heavy atom. The third-order valence-electron chi connectivity index (χ3n) is 3.40. The molecule has 0 aliphatic carbocycles. The van der Waals surface area contributed by atoms with Gasteiger partial charge in [-0.3, -0.25) is 9.59 Å². The van der Waals surface area contributed by atoms with E-state index in [9.17, 15) is 9.59 Å². The van der Waals surface area contributed by atoms with Crippen LogP contribution in [0.25, 0.3) is 10.6 Å². The van der Waals surface area contributed by atoms with Crippen LogP contribution in [0, 0.1) is 6.92 Å². The lowest BCUT2D eigenvalue weighted by Gasteiger charge is -2.03. The van der Waals surface area contributed by atoms with Crippen LogP contribution in [-0.4, -0.2) is 15.9 Å². The molecule has 5 nitrogen and oxygen atoms in total. The van der Waals surface area contributed by atoms with Crippen LogP contribution in [0.5, 0.6) is 0 Å². The maximum atomic E-state index is 12.4. The van der Waals surface area contributed by atoms with Gasteiger partial charge in [-0.25, -0.2) is 4.98 Å². The van der Waals surface area contributed by atoms with E-state index in [0.717, 1.165) is 5.56 Å². The van der Waals surface area contributed by atoms with E-state index >= 15 is 0 Å². The van der Waals surface area contributed by atoms with Gasteiger partial charge in [0.2, 0.25) is 0 Å². The van der Waals surface area contributed by atoms with Crippen molar-refractivity contribution in [1.82, 2.24) is 15.3 Å². The van der Waals surface area contributed by atoms with E-state index in [2.05, 4.69) is 15.3 Å². The van der Waals surface area contributed by atoms with Crippen molar-refractivity contribution in [2.45, 2.75) is 13.5 Å². The Kier molecular flexibility index (Phi) is 4.78. The second kappa shape index (κ2) is 6.98. The first-order valence-corrected chi connectivity index (χ1v) is 8.42. The normalized spacial score (nSPS) is 10.6. The number of nitrogens with one attached hydrogen (secondary N) is 2. The SMILES string of the molecule is Cc1nc(-c2cc(Cl)c[nH]c2=O)sc1C(=O)NCc1ccccc1. The molecule has 3 aromatic rings. The zero-order valence-corrected chi connectivity index (χ0v) is 14.4. The van der Waals surface area contributed by atoms with Gasteiger partial charge < -0.3 is 10.3 Å². The molecule has 0 aliphatic rings. The second-order valence-electron chi connectivity index (χ2n) is 5.16. The summed E-state index contributed by atoms with van der Waals surface area (Å²) in [7, 11) is 0. The van der Waals surface area contributed by atoms with Crippen LogP contribution in [0.2, 0.25) is 5.02 Å². The van der Waals surface area contributed by atoms with E-state index in [-0.39, 0.29) is 11.5 Å². The molecule has 0 unspecified atom stereocenters. The van der Waals surface area contributed by atoms with Crippen LogP contribution in [0.1, 0.15) is 20.9 Å². The van der Waals surface area contributed by atoms with E-state index in [0.29, 0.717) is 32.7 Å². The zero-order valence-electron chi connectivity index (χ0n) is 12.8. The van der Waals surface area contributed by atoms with Crippen LogP contribution >= 0.6 is 22.9 Å². The lowest BCUT2D eigenvalue weighted by atomic mass is 10.2. The van der Waals surface area contributed by atoms with Crippen molar-refractivity contribution in [2.75, 3.05) is 0 Å². The average molecular weight is 360 g/mol. The van der Waals surface area contributed by atoms with Crippen molar-refractivity contribution >= 4 is 28.8 Å². The highest BCUT2D eigenvalue weighted by Gasteiger charge is 2.17. The fourth-order valence-electron chi connectivity index (χ4n) is 2.20. The number of hydrogen-bond acceptors (Lipinski definition) is 4. The standard InChI is InChI=1S/C17H14ClN3O2S/c1-10-14(16(23)19-8-11-5-3-2-4-6-11)24-17(21-10)13-7-12(18)9-20-15(13)22/h2-7,9H,8H2,1H3,(H,19,23)(H,20,22). The molecule has 7 heteroatoms. The molecule has 1 aromatic carbocycles. The molecule has 0 atom stereocenters. The molecule has 0 radical (unpaired) electrons. The number of H-pyrrole nitrogens is 1. The topological polar surface area (TPSA) is 74.8 Å². The van der Waals surface area contributed by atoms with Gasteiger partial charge in [0.15, 0.2) is 0 Å². The molecule has 0 spiro atoms. The number of carbonyl (C=O) groups excluding carboxylic acids is 1. The molecule has 122 valence electrons. The summed E-state index contributed by atoms with van der Waals surface area (Å²) in [5.74, 6) is -0.210. The van der Waals surface area contributed by atoms with Crippen LogP contribution in [-0.2, 0) is 6.54 Å². The number of halogens is 1. The summed E-state index contributed by atoms with van der Waals surface area (Å²) in [6.07, 6.45) is 1.42. The Morgan fingerprint density at radius 2 is 2.08 bits per heavy atom. The minimum absolute atomic E-state index is 0.210. The first-order valence-electron chi connectivity index (χ1n) is 7.23. The number of aromatic nitrogens is 2. The number of rotatable bonds is 4. The fraction of sp³-hybridized carbons (Fsp3) is 0.118. The van der Waals surface area contributed by atoms with Crippen molar-refractivity contribution in [3.63, 3.8) is 0 Å². The maximum Gasteiger partial charge on any atom is 0.263 e. The molecule has 1 amide bonds. The summed E-state index contributed by atoms with van der Waals surface area (Å²) in [4.78, 5) is 31.7. The quantitative estimate of drug-likeness (QED) is 0.749. The van der Waals surface area contributed by atoms with E-state index < -0.39 is 0 Å². The lowest BCUT2D eigenvalue weighted by Crippen LogP contribution is -2.22. The Balaban J connectivity index is 1.82. The minimum Gasteiger partial charge on any atom is -0.347 e.